The number of aromatic nitrogens is 2. The predicted molar refractivity (Wildman–Crippen MR) is 52.8 cm³/mol. The number of H-pyrrole nitrogens is 2. The van der Waals surface area contributed by atoms with E-state index in [4.69, 9.17) is 17.0 Å². The molecule has 5 nitrogen and oxygen atoms in total. The van der Waals surface area contributed by atoms with Crippen LogP contribution in [0.1, 0.15) is 19.8 Å². The van der Waals surface area contributed by atoms with Crippen LogP contribution in [0, 0.1) is 4.77 Å². The lowest BCUT2D eigenvalue weighted by atomic mass is 10.3. The van der Waals surface area contributed by atoms with Crippen LogP contribution in [0.4, 0.5) is 0 Å². The average molecular weight is 214 g/mol. The molecule has 0 aromatic carbocycles. The second-order valence-corrected chi connectivity index (χ2v) is 3.08. The molecule has 0 radical (unpaired) electrons. The first kappa shape index (κ1) is 10.6. The molecule has 2 N–H and O–H groups in total. The summed E-state index contributed by atoms with van der Waals surface area (Å²) in [6.07, 6.45) is 1.01. The third kappa shape index (κ3) is 3.14. The summed E-state index contributed by atoms with van der Waals surface area (Å²) in [5.41, 5.74) is -0.395. The Morgan fingerprint density at radius 3 is 2.86 bits per heavy atom. The van der Waals surface area contributed by atoms with E-state index in [0.29, 0.717) is 12.8 Å². The largest absolute Gasteiger partial charge is 0.409 e. The van der Waals surface area contributed by atoms with Gasteiger partial charge in [0.15, 0.2) is 4.77 Å². The highest BCUT2D eigenvalue weighted by atomic mass is 32.1. The Labute approximate surface area is 85.1 Å². The van der Waals surface area contributed by atoms with E-state index in [2.05, 4.69) is 9.97 Å². The molecular formula is C8H10N2O3S. The number of aromatic amines is 2. The highest BCUT2D eigenvalue weighted by Crippen LogP contribution is 2.02. The van der Waals surface area contributed by atoms with Gasteiger partial charge in [0.05, 0.1) is 6.07 Å². The molecule has 0 fully saturated rings. The van der Waals surface area contributed by atoms with Crippen molar-refractivity contribution in [2.75, 3.05) is 0 Å². The van der Waals surface area contributed by atoms with Gasteiger partial charge in [-0.1, -0.05) is 6.92 Å². The molecule has 0 bridgehead atoms. The molecule has 0 aliphatic rings. The van der Waals surface area contributed by atoms with E-state index in [0.717, 1.165) is 6.07 Å². The SMILES string of the molecule is CCCC(=O)Oc1cc(=O)[nH]c(=S)[nH]1. The van der Waals surface area contributed by atoms with Crippen molar-refractivity contribution >= 4 is 18.2 Å². The van der Waals surface area contributed by atoms with Crippen LogP contribution in [0.3, 0.4) is 0 Å². The first-order valence-electron chi connectivity index (χ1n) is 4.16. The molecular weight excluding hydrogens is 204 g/mol. The fourth-order valence-corrected chi connectivity index (χ4v) is 1.08. The van der Waals surface area contributed by atoms with Crippen molar-refractivity contribution in [3.8, 4) is 5.88 Å². The van der Waals surface area contributed by atoms with Gasteiger partial charge >= 0.3 is 5.97 Å². The summed E-state index contributed by atoms with van der Waals surface area (Å²) in [5.74, 6) is -0.305. The van der Waals surface area contributed by atoms with Crippen molar-refractivity contribution in [3.05, 3.63) is 21.2 Å². The number of hydrogen-bond donors (Lipinski definition) is 2. The van der Waals surface area contributed by atoms with Gasteiger partial charge in [-0.15, -0.1) is 0 Å². The second-order valence-electron chi connectivity index (χ2n) is 2.68. The Balaban J connectivity index is 2.82. The monoisotopic (exact) mass is 214 g/mol. The smallest absolute Gasteiger partial charge is 0.312 e. The van der Waals surface area contributed by atoms with Crippen LogP contribution in [0.25, 0.3) is 0 Å². The van der Waals surface area contributed by atoms with Crippen LogP contribution in [-0.2, 0) is 4.79 Å². The van der Waals surface area contributed by atoms with E-state index in [1.807, 2.05) is 6.92 Å². The summed E-state index contributed by atoms with van der Waals surface area (Å²) >= 11 is 4.70. The van der Waals surface area contributed by atoms with Crippen molar-refractivity contribution in [1.82, 2.24) is 9.97 Å². The van der Waals surface area contributed by atoms with Crippen LogP contribution in [0.5, 0.6) is 5.88 Å². The minimum absolute atomic E-state index is 0.0807. The van der Waals surface area contributed by atoms with Crippen LogP contribution < -0.4 is 10.3 Å². The average Bonchev–Trinajstić information content (AvgIpc) is 2.01. The molecule has 0 saturated carbocycles. The van der Waals surface area contributed by atoms with Gasteiger partial charge in [0.25, 0.3) is 5.56 Å². The van der Waals surface area contributed by atoms with Gasteiger partial charge in [0.2, 0.25) is 5.88 Å². The van der Waals surface area contributed by atoms with Gasteiger partial charge in [-0.3, -0.25) is 14.6 Å². The molecule has 1 aromatic rings. The third-order valence-corrected chi connectivity index (χ3v) is 1.62. The molecule has 0 unspecified atom stereocenters. The predicted octanol–water partition coefficient (Wildman–Crippen LogP) is 1.14. The molecule has 0 atom stereocenters. The van der Waals surface area contributed by atoms with E-state index in [9.17, 15) is 9.59 Å². The van der Waals surface area contributed by atoms with Crippen LogP contribution in [0.15, 0.2) is 10.9 Å². The molecule has 0 aliphatic heterocycles. The van der Waals surface area contributed by atoms with Crippen molar-refractivity contribution in [3.63, 3.8) is 0 Å². The van der Waals surface area contributed by atoms with Crippen molar-refractivity contribution < 1.29 is 9.53 Å². The van der Waals surface area contributed by atoms with E-state index in [1.54, 1.807) is 0 Å². The van der Waals surface area contributed by atoms with Crippen molar-refractivity contribution in [1.29, 1.82) is 0 Å². The van der Waals surface area contributed by atoms with Crippen molar-refractivity contribution in [2.45, 2.75) is 19.8 Å². The zero-order chi connectivity index (χ0) is 10.6. The fourth-order valence-electron chi connectivity index (χ4n) is 0.879. The maximum Gasteiger partial charge on any atom is 0.312 e. The maximum atomic E-state index is 11.0. The van der Waals surface area contributed by atoms with Crippen LogP contribution in [0.2, 0.25) is 0 Å². The quantitative estimate of drug-likeness (QED) is 0.584. The number of carbonyl (C=O) groups excluding carboxylic acids is 1. The molecule has 1 heterocycles. The summed E-state index contributed by atoms with van der Waals surface area (Å²) in [6, 6.07) is 1.14. The first-order valence-corrected chi connectivity index (χ1v) is 4.57. The number of carbonyl (C=O) groups is 1. The van der Waals surface area contributed by atoms with Gasteiger partial charge in [-0.05, 0) is 18.6 Å². The minimum atomic E-state index is -0.395. The first-order chi connectivity index (χ1) is 6.61. The van der Waals surface area contributed by atoms with E-state index >= 15 is 0 Å². The van der Waals surface area contributed by atoms with E-state index in [-0.39, 0.29) is 16.6 Å². The summed E-state index contributed by atoms with van der Waals surface area (Å²) in [6.45, 7) is 1.86. The number of hydrogen-bond acceptors (Lipinski definition) is 4. The molecule has 1 rings (SSSR count). The van der Waals surface area contributed by atoms with Crippen LogP contribution >= 0.6 is 12.2 Å². The van der Waals surface area contributed by atoms with E-state index in [1.165, 1.54) is 0 Å². The zero-order valence-electron chi connectivity index (χ0n) is 7.62. The lowest BCUT2D eigenvalue weighted by molar-refractivity contribution is -0.134. The molecule has 6 heteroatoms. The number of esters is 1. The second kappa shape index (κ2) is 4.71. The number of ether oxygens (including phenoxy) is 1. The van der Waals surface area contributed by atoms with Crippen molar-refractivity contribution in [2.24, 2.45) is 0 Å². The minimum Gasteiger partial charge on any atom is -0.409 e. The van der Waals surface area contributed by atoms with Crippen LogP contribution in [-0.4, -0.2) is 15.9 Å². The Kier molecular flexibility index (Phi) is 3.58. The Hall–Kier alpha value is -1.43. The van der Waals surface area contributed by atoms with Gasteiger partial charge in [-0.2, -0.15) is 0 Å². The van der Waals surface area contributed by atoms with Gasteiger partial charge in [0.1, 0.15) is 0 Å². The van der Waals surface area contributed by atoms with E-state index < -0.39 is 5.56 Å². The van der Waals surface area contributed by atoms with Gasteiger partial charge < -0.3 is 9.72 Å². The third-order valence-electron chi connectivity index (χ3n) is 1.41. The lowest BCUT2D eigenvalue weighted by Gasteiger charge is -2.01. The maximum absolute atomic E-state index is 11.0. The zero-order valence-corrected chi connectivity index (χ0v) is 8.44. The summed E-state index contributed by atoms with van der Waals surface area (Å²) in [4.78, 5) is 26.8. The topological polar surface area (TPSA) is 75.0 Å². The van der Waals surface area contributed by atoms with Gasteiger partial charge in [-0.25, -0.2) is 0 Å². The highest BCUT2D eigenvalue weighted by molar-refractivity contribution is 7.71. The summed E-state index contributed by atoms with van der Waals surface area (Å²) < 4.78 is 4.97. The Morgan fingerprint density at radius 2 is 2.29 bits per heavy atom. The molecule has 1 aromatic heterocycles. The standard InChI is InChI=1S/C8H10N2O3S/c1-2-3-7(12)13-6-4-5(11)9-8(14)10-6/h4H,2-3H2,1H3,(H2,9,10,11,14). The molecule has 0 amide bonds. The summed E-state index contributed by atoms with van der Waals surface area (Å²) in [7, 11) is 0. The Bertz CT molecular complexity index is 406. The molecule has 0 saturated heterocycles. The Morgan fingerprint density at radius 1 is 1.57 bits per heavy atom. The highest BCUT2D eigenvalue weighted by Gasteiger charge is 2.03. The lowest BCUT2D eigenvalue weighted by Crippen LogP contribution is -2.12. The molecule has 0 aliphatic carbocycles. The number of nitrogens with one attached hydrogen (secondary N) is 2. The number of rotatable bonds is 3. The normalized spacial score (nSPS) is 9.79. The molecule has 0 spiro atoms. The molecule has 76 valence electrons. The summed E-state index contributed by atoms with van der Waals surface area (Å²) in [5, 5.41) is 0. The van der Waals surface area contributed by atoms with Gasteiger partial charge in [0, 0.05) is 6.42 Å². The molecule has 14 heavy (non-hydrogen) atoms. The fraction of sp³-hybridized carbons (Fsp3) is 0.375.